The summed E-state index contributed by atoms with van der Waals surface area (Å²) in [6, 6.07) is 1.76. The number of esters is 2. The molecule has 1 rings (SSSR count). The van der Waals surface area contributed by atoms with Crippen molar-refractivity contribution in [2.45, 2.75) is 18.0 Å². The van der Waals surface area contributed by atoms with Crippen LogP contribution >= 0.6 is 0 Å². The highest BCUT2D eigenvalue weighted by Crippen LogP contribution is 2.41. The molecular formula is C13H7F8O5-. The van der Waals surface area contributed by atoms with Crippen molar-refractivity contribution in [2.24, 2.45) is 0 Å². The molecule has 0 spiro atoms. The summed E-state index contributed by atoms with van der Waals surface area (Å²) in [4.78, 5) is 22.3. The van der Waals surface area contributed by atoms with E-state index in [0.717, 1.165) is 6.07 Å². The van der Waals surface area contributed by atoms with Crippen LogP contribution in [0.4, 0.5) is 35.1 Å². The molecule has 0 aliphatic rings. The number of carbonyl (C=O) groups is 2. The topological polar surface area (TPSA) is 75.7 Å². The first-order valence-electron chi connectivity index (χ1n) is 6.35. The smallest absolute Gasteiger partial charge is 0.399 e. The van der Waals surface area contributed by atoms with E-state index in [0.29, 0.717) is 12.1 Å². The third-order valence-corrected chi connectivity index (χ3v) is 2.79. The number of ether oxygens (including phenoxy) is 2. The SMILES string of the molecule is O=C(OCCOC(=O)C([O-])(C(F)(F)F)C(F)(F)F)c1ccc(F)c(F)c1. The number of carbonyl (C=O) groups excluding carboxylic acids is 2. The first-order valence-corrected chi connectivity index (χ1v) is 6.35. The van der Waals surface area contributed by atoms with E-state index in [1.807, 2.05) is 0 Å². The Kier molecular flexibility index (Phi) is 6.18. The van der Waals surface area contributed by atoms with Crippen LogP contribution in [0, 0.1) is 11.6 Å². The van der Waals surface area contributed by atoms with Gasteiger partial charge in [0.15, 0.2) is 17.2 Å². The van der Waals surface area contributed by atoms with Crippen LogP contribution in [0.1, 0.15) is 10.4 Å². The van der Waals surface area contributed by atoms with Gasteiger partial charge in [-0.25, -0.2) is 13.6 Å². The van der Waals surface area contributed by atoms with Crippen molar-refractivity contribution in [3.63, 3.8) is 0 Å². The van der Waals surface area contributed by atoms with Gasteiger partial charge in [-0.3, -0.25) is 4.79 Å². The molecule has 0 bridgehead atoms. The molecule has 5 nitrogen and oxygen atoms in total. The molecule has 0 heterocycles. The normalized spacial score (nSPS) is 12.7. The van der Waals surface area contributed by atoms with Crippen molar-refractivity contribution >= 4 is 11.9 Å². The molecule has 146 valence electrons. The average molecular weight is 395 g/mol. The lowest BCUT2D eigenvalue weighted by molar-refractivity contribution is -0.574. The van der Waals surface area contributed by atoms with Gasteiger partial charge in [-0.15, -0.1) is 0 Å². The van der Waals surface area contributed by atoms with Crippen LogP contribution in [0.3, 0.4) is 0 Å². The van der Waals surface area contributed by atoms with Gasteiger partial charge >= 0.3 is 24.3 Å². The number of hydrogen-bond donors (Lipinski definition) is 0. The molecule has 26 heavy (non-hydrogen) atoms. The van der Waals surface area contributed by atoms with Crippen molar-refractivity contribution in [3.8, 4) is 0 Å². The van der Waals surface area contributed by atoms with Gasteiger partial charge in [0.05, 0.1) is 5.56 Å². The lowest BCUT2D eigenvalue weighted by Crippen LogP contribution is -2.71. The Labute approximate surface area is 139 Å². The zero-order valence-corrected chi connectivity index (χ0v) is 12.2. The van der Waals surface area contributed by atoms with Crippen LogP contribution in [0.25, 0.3) is 0 Å². The molecule has 1 aromatic carbocycles. The molecular weight excluding hydrogens is 388 g/mol. The Morgan fingerprint density at radius 3 is 1.85 bits per heavy atom. The highest BCUT2D eigenvalue weighted by atomic mass is 19.4. The van der Waals surface area contributed by atoms with Crippen LogP contribution in [-0.4, -0.2) is 43.1 Å². The zero-order chi connectivity index (χ0) is 20.3. The van der Waals surface area contributed by atoms with E-state index in [1.165, 1.54) is 0 Å². The molecule has 0 aromatic heterocycles. The second kappa shape index (κ2) is 7.43. The summed E-state index contributed by atoms with van der Waals surface area (Å²) >= 11 is 0. The van der Waals surface area contributed by atoms with E-state index >= 15 is 0 Å². The Morgan fingerprint density at radius 1 is 0.885 bits per heavy atom. The van der Waals surface area contributed by atoms with Gasteiger partial charge in [0.1, 0.15) is 13.2 Å². The van der Waals surface area contributed by atoms with Crippen LogP contribution in [0.2, 0.25) is 0 Å². The van der Waals surface area contributed by atoms with Gasteiger partial charge in [-0.1, -0.05) is 0 Å². The minimum atomic E-state index is -6.52. The average Bonchev–Trinajstić information content (AvgIpc) is 2.50. The molecule has 0 radical (unpaired) electrons. The van der Waals surface area contributed by atoms with Gasteiger partial charge in [-0.05, 0) is 18.2 Å². The highest BCUT2D eigenvalue weighted by molar-refractivity contribution is 5.89. The summed E-state index contributed by atoms with van der Waals surface area (Å²) < 4.78 is 107. The first-order chi connectivity index (χ1) is 11.7. The molecule has 0 unspecified atom stereocenters. The second-order valence-corrected chi connectivity index (χ2v) is 4.58. The van der Waals surface area contributed by atoms with Crippen molar-refractivity contribution in [2.75, 3.05) is 13.2 Å². The van der Waals surface area contributed by atoms with Gasteiger partial charge in [-0.2, -0.15) is 26.3 Å². The number of rotatable bonds is 5. The van der Waals surface area contributed by atoms with Gasteiger partial charge in [0, 0.05) is 0 Å². The summed E-state index contributed by atoms with van der Waals surface area (Å²) in [7, 11) is 0. The summed E-state index contributed by atoms with van der Waals surface area (Å²) in [5.74, 6) is -7.22. The number of alkyl halides is 6. The maximum absolute atomic E-state index is 12.9. The minimum Gasteiger partial charge on any atom is -0.828 e. The van der Waals surface area contributed by atoms with E-state index in [4.69, 9.17) is 0 Å². The first kappa shape index (κ1) is 21.6. The molecule has 13 heteroatoms. The summed E-state index contributed by atoms with van der Waals surface area (Å²) in [6.45, 7) is -2.36. The molecule has 0 aliphatic carbocycles. The second-order valence-electron chi connectivity index (χ2n) is 4.58. The van der Waals surface area contributed by atoms with Gasteiger partial charge in [0.25, 0.3) is 0 Å². The van der Waals surface area contributed by atoms with Crippen molar-refractivity contribution in [1.82, 2.24) is 0 Å². The van der Waals surface area contributed by atoms with E-state index in [2.05, 4.69) is 9.47 Å². The molecule has 0 saturated heterocycles. The monoisotopic (exact) mass is 395 g/mol. The third-order valence-electron chi connectivity index (χ3n) is 2.79. The van der Waals surface area contributed by atoms with Crippen LogP contribution < -0.4 is 5.11 Å². The van der Waals surface area contributed by atoms with Crippen molar-refractivity contribution < 1.29 is 59.3 Å². The van der Waals surface area contributed by atoms with E-state index in [1.54, 1.807) is 0 Å². The molecule has 0 amide bonds. The Bertz CT molecular complexity index is 668. The van der Waals surface area contributed by atoms with Crippen molar-refractivity contribution in [3.05, 3.63) is 35.4 Å². The number of halogens is 8. The summed E-state index contributed by atoms with van der Waals surface area (Å²) in [6.07, 6.45) is -13.0. The Balaban J connectivity index is 2.65. The Morgan fingerprint density at radius 2 is 1.38 bits per heavy atom. The largest absolute Gasteiger partial charge is 0.828 e. The summed E-state index contributed by atoms with van der Waals surface area (Å²) in [5, 5.41) is 11.0. The van der Waals surface area contributed by atoms with Gasteiger partial charge in [0.2, 0.25) is 0 Å². The maximum atomic E-state index is 12.9. The predicted octanol–water partition coefficient (Wildman–Crippen LogP) is 1.89. The lowest BCUT2D eigenvalue weighted by Gasteiger charge is -2.40. The van der Waals surface area contributed by atoms with E-state index < -0.39 is 60.3 Å². The van der Waals surface area contributed by atoms with Gasteiger partial charge < -0.3 is 14.6 Å². The molecule has 1 aromatic rings. The number of hydrogen-bond acceptors (Lipinski definition) is 5. The minimum absolute atomic E-state index is 0.416. The Hall–Kier alpha value is -2.44. The predicted molar refractivity (Wildman–Crippen MR) is 62.4 cm³/mol. The van der Waals surface area contributed by atoms with Crippen molar-refractivity contribution in [1.29, 1.82) is 0 Å². The third kappa shape index (κ3) is 4.39. The molecule has 0 N–H and O–H groups in total. The van der Waals surface area contributed by atoms with Crippen LogP contribution in [0.5, 0.6) is 0 Å². The van der Waals surface area contributed by atoms with E-state index in [9.17, 15) is 49.8 Å². The fraction of sp³-hybridized carbons (Fsp3) is 0.385. The van der Waals surface area contributed by atoms with Crippen LogP contribution in [0.15, 0.2) is 18.2 Å². The van der Waals surface area contributed by atoms with E-state index in [-0.39, 0.29) is 0 Å². The molecule has 0 fully saturated rings. The number of benzene rings is 1. The lowest BCUT2D eigenvalue weighted by atomic mass is 10.0. The molecule has 0 atom stereocenters. The maximum Gasteiger partial charge on any atom is 0.399 e. The summed E-state index contributed by atoms with van der Waals surface area (Å²) in [5.41, 5.74) is -6.54. The fourth-order valence-electron chi connectivity index (χ4n) is 1.47. The molecule has 0 aliphatic heterocycles. The highest BCUT2D eigenvalue weighted by Gasteiger charge is 2.68. The standard InChI is InChI=1S/C13H7F8O5/c14-7-2-1-6(5-8(7)15)9(22)25-3-4-26-10(23)11(24,12(16,17)18)13(19,20)21/h1-2,5H,3-4H2/q-1. The quantitative estimate of drug-likeness (QED) is 0.433. The fourth-order valence-corrected chi connectivity index (χ4v) is 1.47. The molecule has 0 saturated carbocycles. The van der Waals surface area contributed by atoms with Crippen LogP contribution in [-0.2, 0) is 14.3 Å². The zero-order valence-electron chi connectivity index (χ0n) is 12.2.